The van der Waals surface area contributed by atoms with Crippen molar-refractivity contribution in [2.75, 3.05) is 20.8 Å². The van der Waals surface area contributed by atoms with Crippen LogP contribution >= 0.6 is 0 Å². The summed E-state index contributed by atoms with van der Waals surface area (Å²) in [7, 11) is 1.20. The van der Waals surface area contributed by atoms with Crippen LogP contribution in [-0.2, 0) is 20.4 Å². The van der Waals surface area contributed by atoms with Gasteiger partial charge in [0.05, 0.1) is 20.8 Å². The van der Waals surface area contributed by atoms with E-state index in [2.05, 4.69) is 45.7 Å². The van der Waals surface area contributed by atoms with Gasteiger partial charge < -0.3 is 18.6 Å². The van der Waals surface area contributed by atoms with Gasteiger partial charge in [0.2, 0.25) is 0 Å². The molecule has 5 nitrogen and oxygen atoms in total. The van der Waals surface area contributed by atoms with Crippen LogP contribution in [0.15, 0.2) is 42.5 Å². The number of aryl methyl sites for hydroxylation is 1. The molecule has 2 aromatic carbocycles. The average Bonchev–Trinajstić information content (AvgIpc) is 2.75. The van der Waals surface area contributed by atoms with E-state index < -0.39 is 8.32 Å². The van der Waals surface area contributed by atoms with E-state index in [0.29, 0.717) is 36.7 Å². The highest BCUT2D eigenvalue weighted by atomic mass is 28.4. The Morgan fingerprint density at radius 2 is 1.69 bits per heavy atom. The fourth-order valence-corrected chi connectivity index (χ4v) is 3.48. The van der Waals surface area contributed by atoms with Crippen LogP contribution < -0.4 is 9.47 Å². The molecule has 0 fully saturated rings. The van der Waals surface area contributed by atoms with Gasteiger partial charge >= 0.3 is 5.97 Å². The molecule has 0 aliphatic heterocycles. The first-order valence-electron chi connectivity index (χ1n) is 10.7. The zero-order valence-electron chi connectivity index (χ0n) is 20.2. The van der Waals surface area contributed by atoms with E-state index in [1.54, 1.807) is 7.11 Å². The lowest BCUT2D eigenvalue weighted by Gasteiger charge is -2.35. The standard InChI is InChI=1S/C26H34O5Si/c1-26(2,3)32(6,7)30-18-8-9-20-10-14-22(15-11-20)31-24-19-21(12-16-23(24)28-4)13-17-25(27)29-5/h10-12,14-16,19H,13,17-18H2,1-7H3. The summed E-state index contributed by atoms with van der Waals surface area (Å²) < 4.78 is 22.2. The molecule has 0 amide bonds. The Balaban J connectivity index is 2.03. The third-order valence-electron chi connectivity index (χ3n) is 5.70. The number of rotatable bonds is 8. The van der Waals surface area contributed by atoms with Crippen LogP contribution in [0.4, 0.5) is 0 Å². The highest BCUT2D eigenvalue weighted by molar-refractivity contribution is 6.74. The maximum atomic E-state index is 11.4. The highest BCUT2D eigenvalue weighted by Crippen LogP contribution is 2.36. The predicted octanol–water partition coefficient (Wildman–Crippen LogP) is 5.97. The molecule has 2 rings (SSSR count). The first kappa shape index (κ1) is 25.5. The Labute approximate surface area is 193 Å². The first-order chi connectivity index (χ1) is 15.1. The van der Waals surface area contributed by atoms with E-state index in [9.17, 15) is 4.79 Å². The molecule has 0 aliphatic carbocycles. The molecule has 0 bridgehead atoms. The third-order valence-corrected chi connectivity index (χ3v) is 10.2. The van der Waals surface area contributed by atoms with Gasteiger partial charge in [-0.15, -0.1) is 0 Å². The van der Waals surface area contributed by atoms with E-state index in [0.717, 1.165) is 11.1 Å². The minimum Gasteiger partial charge on any atom is -0.493 e. The third kappa shape index (κ3) is 7.43. The van der Waals surface area contributed by atoms with Gasteiger partial charge in [0.1, 0.15) is 5.75 Å². The van der Waals surface area contributed by atoms with Crippen LogP contribution in [0.25, 0.3) is 0 Å². The Bertz CT molecular complexity index is 962. The minimum absolute atomic E-state index is 0.172. The lowest BCUT2D eigenvalue weighted by molar-refractivity contribution is -0.140. The van der Waals surface area contributed by atoms with Crippen molar-refractivity contribution in [2.24, 2.45) is 0 Å². The van der Waals surface area contributed by atoms with Gasteiger partial charge in [-0.1, -0.05) is 38.7 Å². The van der Waals surface area contributed by atoms with E-state index in [-0.39, 0.29) is 11.0 Å². The molecule has 0 saturated carbocycles. The molecule has 0 heterocycles. The minimum atomic E-state index is -1.78. The van der Waals surface area contributed by atoms with Gasteiger partial charge in [0.25, 0.3) is 0 Å². The summed E-state index contributed by atoms with van der Waals surface area (Å²) >= 11 is 0. The largest absolute Gasteiger partial charge is 0.493 e. The molecule has 0 aromatic heterocycles. The van der Waals surface area contributed by atoms with Crippen LogP contribution in [0.1, 0.15) is 38.3 Å². The number of esters is 1. The Kier molecular flexibility index (Phi) is 8.94. The summed E-state index contributed by atoms with van der Waals surface area (Å²) in [6.07, 6.45) is 0.882. The van der Waals surface area contributed by atoms with E-state index >= 15 is 0 Å². The van der Waals surface area contributed by atoms with Crippen LogP contribution in [0.3, 0.4) is 0 Å². The van der Waals surface area contributed by atoms with Crippen molar-refractivity contribution in [3.05, 3.63) is 53.6 Å². The Hall–Kier alpha value is -2.75. The number of ether oxygens (including phenoxy) is 3. The quantitative estimate of drug-likeness (QED) is 0.280. The molecular formula is C26H34O5Si. The maximum Gasteiger partial charge on any atom is 0.305 e. The first-order valence-corrected chi connectivity index (χ1v) is 13.6. The molecule has 32 heavy (non-hydrogen) atoms. The number of carbonyl (C=O) groups excluding carboxylic acids is 1. The van der Waals surface area contributed by atoms with Crippen molar-refractivity contribution < 1.29 is 23.4 Å². The number of hydrogen-bond donors (Lipinski definition) is 0. The van der Waals surface area contributed by atoms with E-state index in [4.69, 9.17) is 18.6 Å². The van der Waals surface area contributed by atoms with Crippen molar-refractivity contribution >= 4 is 14.3 Å². The predicted molar refractivity (Wildman–Crippen MR) is 130 cm³/mol. The SMILES string of the molecule is COC(=O)CCc1ccc(OC)c(Oc2ccc(C#CCO[Si](C)(C)C(C)(C)C)cc2)c1. The lowest BCUT2D eigenvalue weighted by Crippen LogP contribution is -2.40. The number of carbonyl (C=O) groups is 1. The highest BCUT2D eigenvalue weighted by Gasteiger charge is 2.36. The summed E-state index contributed by atoms with van der Waals surface area (Å²) in [5.41, 5.74) is 1.87. The monoisotopic (exact) mass is 454 g/mol. The molecule has 0 aliphatic rings. The molecule has 0 unspecified atom stereocenters. The Morgan fingerprint density at radius 1 is 1.00 bits per heavy atom. The molecule has 0 atom stereocenters. The summed E-state index contributed by atoms with van der Waals surface area (Å²) in [5, 5.41) is 0.172. The summed E-state index contributed by atoms with van der Waals surface area (Å²) in [4.78, 5) is 11.4. The molecular weight excluding hydrogens is 420 g/mol. The summed E-state index contributed by atoms with van der Waals surface area (Å²) in [6.45, 7) is 11.5. The van der Waals surface area contributed by atoms with Crippen molar-refractivity contribution in [3.63, 3.8) is 0 Å². The van der Waals surface area contributed by atoms with Gasteiger partial charge in [0.15, 0.2) is 19.8 Å². The molecule has 6 heteroatoms. The maximum absolute atomic E-state index is 11.4. The van der Waals surface area contributed by atoms with Crippen LogP contribution in [0, 0.1) is 11.8 Å². The van der Waals surface area contributed by atoms with Gasteiger partial charge in [0, 0.05) is 12.0 Å². The Morgan fingerprint density at radius 3 is 2.28 bits per heavy atom. The molecule has 0 radical (unpaired) electrons. The second-order valence-electron chi connectivity index (χ2n) is 9.04. The van der Waals surface area contributed by atoms with E-state index in [1.807, 2.05) is 42.5 Å². The number of benzene rings is 2. The van der Waals surface area contributed by atoms with Crippen LogP contribution in [-0.4, -0.2) is 35.1 Å². The van der Waals surface area contributed by atoms with Crippen molar-refractivity contribution in [1.82, 2.24) is 0 Å². The van der Waals surface area contributed by atoms with Gasteiger partial charge in [-0.05, 0) is 66.5 Å². The van der Waals surface area contributed by atoms with Crippen molar-refractivity contribution in [1.29, 1.82) is 0 Å². The zero-order valence-corrected chi connectivity index (χ0v) is 21.2. The van der Waals surface area contributed by atoms with Crippen LogP contribution in [0.2, 0.25) is 18.1 Å². The molecule has 0 N–H and O–H groups in total. The smallest absolute Gasteiger partial charge is 0.305 e. The number of hydrogen-bond acceptors (Lipinski definition) is 5. The fourth-order valence-electron chi connectivity index (χ4n) is 2.61. The second-order valence-corrected chi connectivity index (χ2v) is 13.8. The van der Waals surface area contributed by atoms with Crippen molar-refractivity contribution in [2.45, 2.75) is 51.7 Å². The molecule has 0 spiro atoms. The molecule has 172 valence electrons. The molecule has 2 aromatic rings. The van der Waals surface area contributed by atoms with Crippen LogP contribution in [0.5, 0.6) is 17.2 Å². The van der Waals surface area contributed by atoms with Gasteiger partial charge in [-0.2, -0.15) is 0 Å². The van der Waals surface area contributed by atoms with Gasteiger partial charge in [-0.25, -0.2) is 0 Å². The van der Waals surface area contributed by atoms with Crippen molar-refractivity contribution in [3.8, 4) is 29.1 Å². The normalized spacial score (nSPS) is 11.3. The topological polar surface area (TPSA) is 54.0 Å². The van der Waals surface area contributed by atoms with E-state index in [1.165, 1.54) is 7.11 Å². The number of methoxy groups -OCH3 is 2. The zero-order chi connectivity index (χ0) is 23.8. The summed E-state index contributed by atoms with van der Waals surface area (Å²) in [6, 6.07) is 13.2. The molecule has 0 saturated heterocycles. The lowest BCUT2D eigenvalue weighted by atomic mass is 10.1. The van der Waals surface area contributed by atoms with Gasteiger partial charge in [-0.3, -0.25) is 4.79 Å². The second kappa shape index (κ2) is 11.2. The fraction of sp³-hybridized carbons (Fsp3) is 0.423. The summed E-state index contributed by atoms with van der Waals surface area (Å²) in [5.74, 6) is 7.92. The average molecular weight is 455 g/mol.